The lowest BCUT2D eigenvalue weighted by molar-refractivity contribution is -0.132. The number of hydrogen-bond acceptors (Lipinski definition) is 5. The minimum atomic E-state index is -1.17. The van der Waals surface area contributed by atoms with E-state index < -0.39 is 23.6 Å². The van der Waals surface area contributed by atoms with Crippen molar-refractivity contribution in [1.82, 2.24) is 10.2 Å². The first-order valence-corrected chi connectivity index (χ1v) is 9.62. The van der Waals surface area contributed by atoms with Crippen LogP contribution < -0.4 is 14.8 Å². The molecule has 0 saturated carbocycles. The Kier molecular flexibility index (Phi) is 6.30. The predicted molar refractivity (Wildman–Crippen MR) is 108 cm³/mol. The number of methoxy groups -OCH3 is 1. The van der Waals surface area contributed by atoms with E-state index in [4.69, 9.17) is 21.1 Å². The van der Waals surface area contributed by atoms with Gasteiger partial charge < -0.3 is 19.9 Å². The zero-order valence-electron chi connectivity index (χ0n) is 16.2. The zero-order chi connectivity index (χ0) is 21.0. The molecule has 0 spiro atoms. The summed E-state index contributed by atoms with van der Waals surface area (Å²) in [5.74, 6) is 0.788. The van der Waals surface area contributed by atoms with Crippen LogP contribution in [0.2, 0.25) is 5.02 Å². The third kappa shape index (κ3) is 4.31. The number of aliphatic hydroxyl groups excluding tert-OH is 1. The second-order valence-electron chi connectivity index (χ2n) is 6.75. The fourth-order valence-corrected chi connectivity index (χ4v) is 3.42. The number of halogens is 1. The number of rotatable bonds is 8. The van der Waals surface area contributed by atoms with Gasteiger partial charge in [0.25, 0.3) is 5.91 Å². The van der Waals surface area contributed by atoms with Crippen molar-refractivity contribution in [2.24, 2.45) is 0 Å². The van der Waals surface area contributed by atoms with Crippen LogP contribution in [-0.4, -0.2) is 48.3 Å². The lowest BCUT2D eigenvalue weighted by Gasteiger charge is -2.26. The highest BCUT2D eigenvalue weighted by molar-refractivity contribution is 6.30. The average Bonchev–Trinajstić information content (AvgIpc) is 2.98. The number of nitrogens with zero attached hydrogens (tertiary/aromatic N) is 1. The molecule has 2 unspecified atom stereocenters. The number of benzene rings is 2. The van der Waals surface area contributed by atoms with E-state index in [9.17, 15) is 14.7 Å². The highest BCUT2D eigenvalue weighted by atomic mass is 35.5. The van der Waals surface area contributed by atoms with Crippen LogP contribution in [-0.2, 0) is 10.3 Å². The molecule has 0 aromatic heterocycles. The molecule has 1 saturated heterocycles. The summed E-state index contributed by atoms with van der Waals surface area (Å²) in [5, 5.41) is 13.7. The molecule has 0 radical (unpaired) electrons. The van der Waals surface area contributed by atoms with Gasteiger partial charge in [0.2, 0.25) is 0 Å². The van der Waals surface area contributed by atoms with E-state index >= 15 is 0 Å². The van der Waals surface area contributed by atoms with E-state index in [0.29, 0.717) is 28.5 Å². The molecule has 1 heterocycles. The van der Waals surface area contributed by atoms with Crippen LogP contribution in [0.1, 0.15) is 18.9 Å². The summed E-state index contributed by atoms with van der Waals surface area (Å²) >= 11 is 5.83. The van der Waals surface area contributed by atoms with Crippen molar-refractivity contribution >= 4 is 23.5 Å². The van der Waals surface area contributed by atoms with E-state index in [0.717, 1.165) is 4.90 Å². The maximum absolute atomic E-state index is 13.1. The van der Waals surface area contributed by atoms with Gasteiger partial charge in [-0.15, -0.1) is 0 Å². The summed E-state index contributed by atoms with van der Waals surface area (Å²) in [6.45, 7) is 1.59. The Hall–Kier alpha value is -2.77. The summed E-state index contributed by atoms with van der Waals surface area (Å²) in [5.41, 5.74) is -0.506. The molecule has 7 nitrogen and oxygen atoms in total. The van der Waals surface area contributed by atoms with Crippen LogP contribution in [0.3, 0.4) is 0 Å². The monoisotopic (exact) mass is 418 g/mol. The smallest absolute Gasteiger partial charge is 0.325 e. The summed E-state index contributed by atoms with van der Waals surface area (Å²) in [4.78, 5) is 26.7. The van der Waals surface area contributed by atoms with Gasteiger partial charge in [-0.3, -0.25) is 9.69 Å². The zero-order valence-corrected chi connectivity index (χ0v) is 17.0. The molecular weight excluding hydrogens is 396 g/mol. The number of aliphatic hydroxyl groups is 1. The van der Waals surface area contributed by atoms with Gasteiger partial charge in [0.15, 0.2) is 0 Å². The van der Waals surface area contributed by atoms with E-state index in [-0.39, 0.29) is 13.2 Å². The van der Waals surface area contributed by atoms with E-state index in [2.05, 4.69) is 5.32 Å². The number of nitrogens with one attached hydrogen (secondary N) is 1. The predicted octanol–water partition coefficient (Wildman–Crippen LogP) is 2.95. The molecular formula is C21H23ClN2O5. The van der Waals surface area contributed by atoms with Gasteiger partial charge in [-0.1, -0.05) is 30.7 Å². The van der Waals surface area contributed by atoms with Gasteiger partial charge in [0.1, 0.15) is 29.7 Å². The van der Waals surface area contributed by atoms with Crippen LogP contribution >= 0.6 is 11.6 Å². The van der Waals surface area contributed by atoms with Crippen LogP contribution in [0.5, 0.6) is 11.5 Å². The minimum Gasteiger partial charge on any atom is -0.497 e. The topological polar surface area (TPSA) is 88.1 Å². The number of urea groups is 1. The van der Waals surface area contributed by atoms with Gasteiger partial charge in [0, 0.05) is 5.02 Å². The van der Waals surface area contributed by atoms with Gasteiger partial charge in [-0.2, -0.15) is 0 Å². The second kappa shape index (κ2) is 8.71. The third-order valence-electron chi connectivity index (χ3n) is 4.94. The van der Waals surface area contributed by atoms with Crippen molar-refractivity contribution in [3.8, 4) is 11.5 Å². The van der Waals surface area contributed by atoms with Crippen molar-refractivity contribution < 1.29 is 24.2 Å². The van der Waals surface area contributed by atoms with E-state index in [1.807, 2.05) is 6.92 Å². The molecule has 29 heavy (non-hydrogen) atoms. The molecule has 3 amide bonds. The molecule has 1 aliphatic rings. The van der Waals surface area contributed by atoms with Gasteiger partial charge >= 0.3 is 6.03 Å². The highest BCUT2D eigenvalue weighted by Gasteiger charge is 2.51. The lowest BCUT2D eigenvalue weighted by Crippen LogP contribution is -2.44. The number of carbonyl (C=O) groups is 2. The maximum atomic E-state index is 13.1. The normalized spacial score (nSPS) is 19.8. The van der Waals surface area contributed by atoms with Crippen LogP contribution in [0.25, 0.3) is 0 Å². The first-order valence-electron chi connectivity index (χ1n) is 9.24. The fourth-order valence-electron chi connectivity index (χ4n) is 3.29. The first kappa shape index (κ1) is 21.0. The number of imide groups is 1. The van der Waals surface area contributed by atoms with Gasteiger partial charge in [0.05, 0.1) is 13.7 Å². The van der Waals surface area contributed by atoms with Crippen molar-refractivity contribution in [2.45, 2.75) is 25.0 Å². The largest absolute Gasteiger partial charge is 0.497 e. The second-order valence-corrected chi connectivity index (χ2v) is 7.19. The van der Waals surface area contributed by atoms with Crippen LogP contribution in [0.4, 0.5) is 4.79 Å². The Morgan fingerprint density at radius 1 is 1.10 bits per heavy atom. The Morgan fingerprint density at radius 2 is 1.72 bits per heavy atom. The molecule has 3 rings (SSSR count). The summed E-state index contributed by atoms with van der Waals surface area (Å²) in [6, 6.07) is 13.1. The van der Waals surface area contributed by atoms with Crippen molar-refractivity contribution in [3.63, 3.8) is 0 Å². The van der Waals surface area contributed by atoms with Crippen molar-refractivity contribution in [3.05, 3.63) is 59.1 Å². The number of ether oxygens (including phenoxy) is 2. The Morgan fingerprint density at radius 3 is 2.31 bits per heavy atom. The van der Waals surface area contributed by atoms with Crippen LogP contribution in [0, 0.1) is 0 Å². The number of amides is 3. The Labute approximate surface area is 174 Å². The van der Waals surface area contributed by atoms with Gasteiger partial charge in [-0.25, -0.2) is 4.79 Å². The summed E-state index contributed by atoms with van der Waals surface area (Å²) in [6.07, 6.45) is -0.665. The average molecular weight is 419 g/mol. The molecule has 2 aromatic rings. The first-order chi connectivity index (χ1) is 13.9. The summed E-state index contributed by atoms with van der Waals surface area (Å²) in [7, 11) is 1.56. The maximum Gasteiger partial charge on any atom is 0.325 e. The molecule has 1 fully saturated rings. The highest BCUT2D eigenvalue weighted by Crippen LogP contribution is 2.33. The summed E-state index contributed by atoms with van der Waals surface area (Å²) < 4.78 is 10.7. The molecule has 2 N–H and O–H groups in total. The number of hydrogen-bond donors (Lipinski definition) is 2. The van der Waals surface area contributed by atoms with Crippen molar-refractivity contribution in [1.29, 1.82) is 0 Å². The molecule has 1 aliphatic heterocycles. The molecule has 0 aliphatic carbocycles. The Balaban J connectivity index is 1.68. The van der Waals surface area contributed by atoms with E-state index in [1.54, 1.807) is 55.6 Å². The van der Waals surface area contributed by atoms with Crippen molar-refractivity contribution in [2.75, 3.05) is 20.3 Å². The Bertz CT molecular complexity index is 872. The molecule has 2 atom stereocenters. The molecule has 0 bridgehead atoms. The third-order valence-corrected chi connectivity index (χ3v) is 5.19. The quantitative estimate of drug-likeness (QED) is 0.643. The van der Waals surface area contributed by atoms with E-state index in [1.165, 1.54) is 0 Å². The SMILES string of the molecule is CCC1(c2ccc(OC)cc2)NC(=O)N(CC(O)COc2ccc(Cl)cc2)C1=O. The molecule has 8 heteroatoms. The molecule has 154 valence electrons. The lowest BCUT2D eigenvalue weighted by atomic mass is 9.87. The van der Waals surface area contributed by atoms with Crippen LogP contribution in [0.15, 0.2) is 48.5 Å². The van der Waals surface area contributed by atoms with Gasteiger partial charge in [-0.05, 0) is 48.4 Å². The molecule has 2 aromatic carbocycles. The minimum absolute atomic E-state index is 0.0691. The standard InChI is InChI=1S/C21H23ClN2O5/c1-3-21(14-4-8-17(28-2)9-5-14)19(26)24(20(27)23-21)12-16(25)13-29-18-10-6-15(22)7-11-18/h4-11,16,25H,3,12-13H2,1-2H3,(H,23,27). The number of carbonyl (C=O) groups excluding carboxylic acids is 2. The number of β-amino-alcohol motifs (C(OH)–C–C–N with tert-alkyl or cyclic N) is 1. The fraction of sp³-hybridized carbons (Fsp3) is 0.333.